The third-order valence-electron chi connectivity index (χ3n) is 4.66. The zero-order valence-corrected chi connectivity index (χ0v) is 14.8. The van der Waals surface area contributed by atoms with Gasteiger partial charge in [-0.3, -0.25) is 10.1 Å². The Hall–Kier alpha value is -3.54. The minimum atomic E-state index is -0.670. The molecule has 0 radical (unpaired) electrons. The summed E-state index contributed by atoms with van der Waals surface area (Å²) < 4.78 is 16.2. The number of fused-ring (bicyclic) bond motifs is 3. The quantitative estimate of drug-likeness (QED) is 0.699. The van der Waals surface area contributed by atoms with E-state index in [0.717, 1.165) is 16.3 Å². The highest BCUT2D eigenvalue weighted by molar-refractivity contribution is 6.03. The molecule has 0 aromatic heterocycles. The fraction of sp³-hybridized carbons (Fsp3) is 0.143. The highest BCUT2D eigenvalue weighted by Gasteiger charge is 2.30. The molecule has 6 nitrogen and oxygen atoms in total. The lowest BCUT2D eigenvalue weighted by Crippen LogP contribution is -2.25. The van der Waals surface area contributed by atoms with Crippen molar-refractivity contribution in [2.75, 3.05) is 19.5 Å². The average Bonchev–Trinajstić information content (AvgIpc) is 2.71. The second-order valence-electron chi connectivity index (χ2n) is 6.12. The van der Waals surface area contributed by atoms with Crippen LogP contribution in [0.15, 0.2) is 48.5 Å². The second-order valence-corrected chi connectivity index (χ2v) is 6.12. The zero-order valence-electron chi connectivity index (χ0n) is 14.8. The van der Waals surface area contributed by atoms with Crippen molar-refractivity contribution in [1.82, 2.24) is 0 Å². The molecule has 136 valence electrons. The van der Waals surface area contributed by atoms with Crippen LogP contribution in [0, 0.1) is 0 Å². The molecule has 3 aromatic rings. The van der Waals surface area contributed by atoms with Crippen molar-refractivity contribution < 1.29 is 23.8 Å². The molecule has 4 rings (SSSR count). The maximum atomic E-state index is 12.2. The number of aldehydes is 1. The number of hydrogen-bond donors (Lipinski definition) is 1. The van der Waals surface area contributed by atoms with Gasteiger partial charge in [0.15, 0.2) is 23.9 Å². The topological polar surface area (TPSA) is 73.9 Å². The standard InChI is InChI=1S/C21H17NO5/c1-25-17-10-13(9-14(11-23)20(17)26-2)19-16-8-7-12-5-3-4-6-15(12)18(16)22-21(24)27-19/h3-11,19H,1-2H3,(H,22,24). The molecule has 1 heterocycles. The molecule has 1 aliphatic rings. The Kier molecular flexibility index (Phi) is 4.16. The van der Waals surface area contributed by atoms with Gasteiger partial charge < -0.3 is 14.2 Å². The predicted molar refractivity (Wildman–Crippen MR) is 101 cm³/mol. The summed E-state index contributed by atoms with van der Waals surface area (Å²) in [5.41, 5.74) is 2.46. The van der Waals surface area contributed by atoms with Crippen LogP contribution in [0.25, 0.3) is 10.8 Å². The first-order chi connectivity index (χ1) is 13.2. The maximum absolute atomic E-state index is 12.2. The molecule has 0 fully saturated rings. The SMILES string of the molecule is COc1cc(C2OC(=O)Nc3c2ccc2ccccc32)cc(C=O)c1OC. The summed E-state index contributed by atoms with van der Waals surface area (Å²) in [5, 5.41) is 4.73. The first-order valence-corrected chi connectivity index (χ1v) is 8.36. The number of amides is 1. The number of ether oxygens (including phenoxy) is 3. The fourth-order valence-corrected chi connectivity index (χ4v) is 3.45. The molecule has 6 heteroatoms. The van der Waals surface area contributed by atoms with E-state index in [1.807, 2.05) is 36.4 Å². The smallest absolute Gasteiger partial charge is 0.412 e. The summed E-state index contributed by atoms with van der Waals surface area (Å²) >= 11 is 0. The Balaban J connectivity index is 1.93. The summed E-state index contributed by atoms with van der Waals surface area (Å²) in [6, 6.07) is 15.0. The largest absolute Gasteiger partial charge is 0.493 e. The number of nitrogens with one attached hydrogen (secondary N) is 1. The maximum Gasteiger partial charge on any atom is 0.412 e. The van der Waals surface area contributed by atoms with Crippen molar-refractivity contribution in [2.45, 2.75) is 6.10 Å². The van der Waals surface area contributed by atoms with Crippen LogP contribution in [0.5, 0.6) is 11.5 Å². The van der Waals surface area contributed by atoms with Crippen LogP contribution in [0.3, 0.4) is 0 Å². The normalized spacial score (nSPS) is 15.5. The van der Waals surface area contributed by atoms with Gasteiger partial charge in [-0.05, 0) is 17.5 Å². The van der Waals surface area contributed by atoms with Gasteiger partial charge in [-0.1, -0.05) is 36.4 Å². The van der Waals surface area contributed by atoms with E-state index in [1.54, 1.807) is 12.1 Å². The minimum absolute atomic E-state index is 0.323. The summed E-state index contributed by atoms with van der Waals surface area (Å²) in [5.74, 6) is 0.740. The number of hydrogen-bond acceptors (Lipinski definition) is 5. The van der Waals surface area contributed by atoms with Crippen LogP contribution in [-0.2, 0) is 4.74 Å². The molecule has 0 aliphatic carbocycles. The Labute approximate surface area is 155 Å². The van der Waals surface area contributed by atoms with Crippen LogP contribution in [0.4, 0.5) is 10.5 Å². The van der Waals surface area contributed by atoms with Crippen molar-refractivity contribution in [2.24, 2.45) is 0 Å². The van der Waals surface area contributed by atoms with E-state index in [4.69, 9.17) is 14.2 Å². The predicted octanol–water partition coefficient (Wildman–Crippen LogP) is 4.32. The summed E-state index contributed by atoms with van der Waals surface area (Å²) in [6.45, 7) is 0. The molecule has 0 bridgehead atoms. The monoisotopic (exact) mass is 363 g/mol. The molecule has 1 atom stereocenters. The van der Waals surface area contributed by atoms with Gasteiger partial charge in [-0.25, -0.2) is 4.79 Å². The van der Waals surface area contributed by atoms with Crippen LogP contribution in [0.2, 0.25) is 0 Å². The molecule has 1 amide bonds. The molecule has 0 spiro atoms. The Morgan fingerprint density at radius 3 is 2.63 bits per heavy atom. The van der Waals surface area contributed by atoms with Crippen LogP contribution in [-0.4, -0.2) is 26.6 Å². The Morgan fingerprint density at radius 1 is 1.07 bits per heavy atom. The van der Waals surface area contributed by atoms with Crippen LogP contribution < -0.4 is 14.8 Å². The number of cyclic esters (lactones) is 1. The number of carbonyl (C=O) groups excluding carboxylic acids is 2. The van der Waals surface area contributed by atoms with E-state index in [-0.39, 0.29) is 0 Å². The van der Waals surface area contributed by atoms with Crippen LogP contribution >= 0.6 is 0 Å². The van der Waals surface area contributed by atoms with Gasteiger partial charge in [0.1, 0.15) is 0 Å². The number of carbonyl (C=O) groups is 2. The van der Waals surface area contributed by atoms with Crippen molar-refractivity contribution >= 4 is 28.8 Å². The van der Waals surface area contributed by atoms with E-state index in [0.29, 0.717) is 34.6 Å². The molecule has 1 aliphatic heterocycles. The Morgan fingerprint density at radius 2 is 1.89 bits per heavy atom. The van der Waals surface area contributed by atoms with Crippen molar-refractivity contribution in [3.8, 4) is 11.5 Å². The molecular formula is C21H17NO5. The number of anilines is 1. The summed E-state index contributed by atoms with van der Waals surface area (Å²) in [6.07, 6.45) is -0.530. The number of benzene rings is 3. The lowest BCUT2D eigenvalue weighted by molar-refractivity contribution is 0.111. The molecule has 1 unspecified atom stereocenters. The second kappa shape index (κ2) is 6.64. The number of methoxy groups -OCH3 is 2. The Bertz CT molecular complexity index is 1060. The molecule has 27 heavy (non-hydrogen) atoms. The third-order valence-corrected chi connectivity index (χ3v) is 4.66. The van der Waals surface area contributed by atoms with E-state index in [1.165, 1.54) is 14.2 Å². The van der Waals surface area contributed by atoms with Crippen LogP contribution in [0.1, 0.15) is 27.6 Å². The molecular weight excluding hydrogens is 346 g/mol. The van der Waals surface area contributed by atoms with Gasteiger partial charge in [-0.15, -0.1) is 0 Å². The van der Waals surface area contributed by atoms with E-state index in [9.17, 15) is 9.59 Å². The lowest BCUT2D eigenvalue weighted by Gasteiger charge is -2.28. The van der Waals surface area contributed by atoms with Gasteiger partial charge in [0.05, 0.1) is 25.5 Å². The summed E-state index contributed by atoms with van der Waals surface area (Å²) in [7, 11) is 2.96. The lowest BCUT2D eigenvalue weighted by atomic mass is 9.93. The van der Waals surface area contributed by atoms with Gasteiger partial charge in [0.25, 0.3) is 0 Å². The van der Waals surface area contributed by atoms with E-state index >= 15 is 0 Å². The number of rotatable bonds is 4. The van der Waals surface area contributed by atoms with Gasteiger partial charge in [-0.2, -0.15) is 0 Å². The van der Waals surface area contributed by atoms with Crippen molar-refractivity contribution in [3.05, 3.63) is 65.2 Å². The molecule has 1 N–H and O–H groups in total. The average molecular weight is 363 g/mol. The third kappa shape index (κ3) is 2.75. The van der Waals surface area contributed by atoms with Crippen molar-refractivity contribution in [1.29, 1.82) is 0 Å². The van der Waals surface area contributed by atoms with Gasteiger partial charge in [0.2, 0.25) is 0 Å². The fourth-order valence-electron chi connectivity index (χ4n) is 3.45. The first kappa shape index (κ1) is 16.9. The van der Waals surface area contributed by atoms with Gasteiger partial charge in [0, 0.05) is 16.5 Å². The minimum Gasteiger partial charge on any atom is -0.493 e. The molecule has 0 saturated heterocycles. The van der Waals surface area contributed by atoms with E-state index in [2.05, 4.69) is 5.32 Å². The molecule has 3 aromatic carbocycles. The van der Waals surface area contributed by atoms with E-state index < -0.39 is 12.2 Å². The highest BCUT2D eigenvalue weighted by atomic mass is 16.6. The molecule has 0 saturated carbocycles. The van der Waals surface area contributed by atoms with Gasteiger partial charge >= 0.3 is 6.09 Å². The summed E-state index contributed by atoms with van der Waals surface area (Å²) in [4.78, 5) is 23.7. The first-order valence-electron chi connectivity index (χ1n) is 8.36. The van der Waals surface area contributed by atoms with Crippen molar-refractivity contribution in [3.63, 3.8) is 0 Å². The zero-order chi connectivity index (χ0) is 19.0. The highest BCUT2D eigenvalue weighted by Crippen LogP contribution is 2.42.